The van der Waals surface area contributed by atoms with Crippen LogP contribution in [0.15, 0.2) is 36.8 Å². The Balaban J connectivity index is 2.51. The number of nitrogens with zero attached hydrogens (tertiary/aromatic N) is 1. The summed E-state index contributed by atoms with van der Waals surface area (Å²) in [6.45, 7) is 3.74. The number of H-pyrrole nitrogens is 1. The molecule has 0 radical (unpaired) electrons. The molecule has 1 aromatic carbocycles. The Morgan fingerprint density at radius 1 is 1.33 bits per heavy atom. The molecule has 3 heteroatoms. The van der Waals surface area contributed by atoms with Gasteiger partial charge in [-0.3, -0.25) is 0 Å². The van der Waals surface area contributed by atoms with Gasteiger partial charge in [0.2, 0.25) is 0 Å². The van der Waals surface area contributed by atoms with Crippen molar-refractivity contribution in [1.29, 1.82) is 0 Å². The maximum Gasteiger partial charge on any atom is 0.130 e. The number of aromatic nitrogens is 2. The molecular weight excluding hydrogens is 188 g/mol. The molecule has 2 N–H and O–H groups in total. The van der Waals surface area contributed by atoms with Crippen LogP contribution in [0.2, 0.25) is 0 Å². The molecule has 1 heterocycles. The first kappa shape index (κ1) is 9.93. The highest BCUT2D eigenvalue weighted by molar-refractivity contribution is 5.36. The number of hydrogen-bond acceptors (Lipinski definition) is 2. The second-order valence-corrected chi connectivity index (χ2v) is 3.84. The van der Waals surface area contributed by atoms with E-state index < -0.39 is 5.60 Å². The summed E-state index contributed by atoms with van der Waals surface area (Å²) < 4.78 is 0. The zero-order chi connectivity index (χ0) is 10.9. The first-order valence-electron chi connectivity index (χ1n) is 4.90. The molecule has 0 bridgehead atoms. The van der Waals surface area contributed by atoms with Crippen LogP contribution in [0.3, 0.4) is 0 Å². The molecule has 2 aromatic rings. The topological polar surface area (TPSA) is 48.9 Å². The van der Waals surface area contributed by atoms with Gasteiger partial charge in [0, 0.05) is 6.20 Å². The van der Waals surface area contributed by atoms with Gasteiger partial charge in [-0.15, -0.1) is 0 Å². The fraction of sp³-hybridized carbons (Fsp3) is 0.250. The molecule has 0 saturated heterocycles. The van der Waals surface area contributed by atoms with Crippen molar-refractivity contribution in [3.63, 3.8) is 0 Å². The molecule has 0 spiro atoms. The third-order valence-electron chi connectivity index (χ3n) is 2.67. The van der Waals surface area contributed by atoms with Crippen LogP contribution in [0.4, 0.5) is 0 Å². The maximum atomic E-state index is 10.4. The summed E-state index contributed by atoms with van der Waals surface area (Å²) in [5.74, 6) is 0. The highest BCUT2D eigenvalue weighted by Gasteiger charge is 2.28. The Labute approximate surface area is 88.8 Å². The lowest BCUT2D eigenvalue weighted by Gasteiger charge is -2.23. The smallest absolute Gasteiger partial charge is 0.130 e. The molecule has 0 aliphatic heterocycles. The fourth-order valence-electron chi connectivity index (χ4n) is 1.78. The molecule has 1 atom stereocenters. The lowest BCUT2D eigenvalue weighted by Crippen LogP contribution is -2.24. The first-order chi connectivity index (χ1) is 7.12. The Kier molecular flexibility index (Phi) is 2.32. The zero-order valence-electron chi connectivity index (χ0n) is 8.86. The third-order valence-corrected chi connectivity index (χ3v) is 2.67. The van der Waals surface area contributed by atoms with Crippen LogP contribution in [-0.2, 0) is 5.60 Å². The first-order valence-corrected chi connectivity index (χ1v) is 4.90. The fourth-order valence-corrected chi connectivity index (χ4v) is 1.78. The summed E-state index contributed by atoms with van der Waals surface area (Å²) >= 11 is 0. The zero-order valence-corrected chi connectivity index (χ0v) is 8.86. The molecule has 15 heavy (non-hydrogen) atoms. The second kappa shape index (κ2) is 3.51. The number of imidazole rings is 1. The predicted molar refractivity (Wildman–Crippen MR) is 58.4 cm³/mol. The summed E-state index contributed by atoms with van der Waals surface area (Å²) in [5.41, 5.74) is 1.55. The van der Waals surface area contributed by atoms with Crippen LogP contribution in [0.1, 0.15) is 23.7 Å². The average Bonchev–Trinajstić information content (AvgIpc) is 2.71. The molecule has 3 nitrogen and oxygen atoms in total. The van der Waals surface area contributed by atoms with Crippen LogP contribution in [0.25, 0.3) is 0 Å². The monoisotopic (exact) mass is 202 g/mol. The highest BCUT2D eigenvalue weighted by atomic mass is 16.3. The van der Waals surface area contributed by atoms with Crippen LogP contribution in [0.5, 0.6) is 0 Å². The summed E-state index contributed by atoms with van der Waals surface area (Å²) in [7, 11) is 0. The highest BCUT2D eigenvalue weighted by Crippen LogP contribution is 2.29. The number of aliphatic hydroxyl groups is 1. The number of aromatic amines is 1. The van der Waals surface area contributed by atoms with Gasteiger partial charge >= 0.3 is 0 Å². The lowest BCUT2D eigenvalue weighted by molar-refractivity contribution is 0.0972. The van der Waals surface area contributed by atoms with Crippen LogP contribution >= 0.6 is 0 Å². The van der Waals surface area contributed by atoms with Gasteiger partial charge in [-0.1, -0.05) is 24.3 Å². The molecule has 2 rings (SSSR count). The summed E-state index contributed by atoms with van der Waals surface area (Å²) in [4.78, 5) is 6.95. The number of benzene rings is 1. The Hall–Kier alpha value is -1.61. The van der Waals surface area contributed by atoms with E-state index in [-0.39, 0.29) is 0 Å². The largest absolute Gasteiger partial charge is 0.379 e. The van der Waals surface area contributed by atoms with Gasteiger partial charge in [0.1, 0.15) is 5.60 Å². The Bertz CT molecular complexity index is 446. The van der Waals surface area contributed by atoms with Gasteiger partial charge in [0.05, 0.1) is 12.0 Å². The summed E-state index contributed by atoms with van der Waals surface area (Å²) in [6, 6.07) is 7.78. The predicted octanol–water partition coefficient (Wildman–Crippen LogP) is 1.97. The van der Waals surface area contributed by atoms with Gasteiger partial charge in [0.15, 0.2) is 0 Å². The minimum absolute atomic E-state index is 0.636. The van der Waals surface area contributed by atoms with Crippen LogP contribution < -0.4 is 0 Å². The van der Waals surface area contributed by atoms with Gasteiger partial charge in [-0.2, -0.15) is 0 Å². The minimum Gasteiger partial charge on any atom is -0.379 e. The molecule has 1 unspecified atom stereocenters. The summed E-state index contributed by atoms with van der Waals surface area (Å²) in [6.07, 6.45) is 3.29. The molecule has 0 aliphatic rings. The van der Waals surface area contributed by atoms with Gasteiger partial charge < -0.3 is 10.1 Å². The normalized spacial score (nSPS) is 14.9. The SMILES string of the molecule is Cc1ccccc1C(C)(O)c1c[nH]cn1. The van der Waals surface area contributed by atoms with Gasteiger partial charge in [0.25, 0.3) is 0 Å². The molecule has 78 valence electrons. The van der Waals surface area contributed by atoms with E-state index in [0.29, 0.717) is 5.69 Å². The van der Waals surface area contributed by atoms with Crippen molar-refractivity contribution < 1.29 is 5.11 Å². The summed E-state index contributed by atoms with van der Waals surface area (Å²) in [5, 5.41) is 10.4. The average molecular weight is 202 g/mol. The van der Waals surface area contributed by atoms with E-state index in [1.165, 1.54) is 0 Å². The maximum absolute atomic E-state index is 10.4. The van der Waals surface area contributed by atoms with E-state index in [1.54, 1.807) is 19.4 Å². The van der Waals surface area contributed by atoms with Crippen molar-refractivity contribution >= 4 is 0 Å². The van der Waals surface area contributed by atoms with Crippen molar-refractivity contribution in [1.82, 2.24) is 9.97 Å². The van der Waals surface area contributed by atoms with Crippen molar-refractivity contribution in [3.8, 4) is 0 Å². The van der Waals surface area contributed by atoms with Crippen molar-refractivity contribution in [2.45, 2.75) is 19.4 Å². The van der Waals surface area contributed by atoms with E-state index in [9.17, 15) is 5.11 Å². The lowest BCUT2D eigenvalue weighted by atomic mass is 9.90. The van der Waals surface area contributed by atoms with Crippen LogP contribution in [-0.4, -0.2) is 15.1 Å². The van der Waals surface area contributed by atoms with E-state index in [1.807, 2.05) is 31.2 Å². The molecule has 0 saturated carbocycles. The third kappa shape index (κ3) is 1.66. The quantitative estimate of drug-likeness (QED) is 0.782. The minimum atomic E-state index is -1.04. The number of nitrogens with one attached hydrogen (secondary N) is 1. The number of hydrogen-bond donors (Lipinski definition) is 2. The molecule has 0 fully saturated rings. The molecule has 0 aliphatic carbocycles. The van der Waals surface area contributed by atoms with E-state index >= 15 is 0 Å². The van der Waals surface area contributed by atoms with Gasteiger partial charge in [-0.25, -0.2) is 4.98 Å². The van der Waals surface area contributed by atoms with Crippen molar-refractivity contribution in [2.75, 3.05) is 0 Å². The molecular formula is C12H14N2O. The Morgan fingerprint density at radius 2 is 2.07 bits per heavy atom. The standard InChI is InChI=1S/C12H14N2O/c1-9-5-3-4-6-10(9)12(2,15)11-7-13-8-14-11/h3-8,15H,1-2H3,(H,13,14). The number of rotatable bonds is 2. The van der Waals surface area contributed by atoms with Crippen molar-refractivity contribution in [3.05, 3.63) is 53.6 Å². The number of aryl methyl sites for hydroxylation is 1. The molecule has 1 aromatic heterocycles. The second-order valence-electron chi connectivity index (χ2n) is 3.84. The van der Waals surface area contributed by atoms with E-state index in [2.05, 4.69) is 9.97 Å². The van der Waals surface area contributed by atoms with Crippen molar-refractivity contribution in [2.24, 2.45) is 0 Å². The molecule has 0 amide bonds. The Morgan fingerprint density at radius 3 is 2.67 bits per heavy atom. The van der Waals surface area contributed by atoms with Crippen LogP contribution in [0, 0.1) is 6.92 Å². The van der Waals surface area contributed by atoms with Gasteiger partial charge in [-0.05, 0) is 25.0 Å². The van der Waals surface area contributed by atoms with E-state index in [4.69, 9.17) is 0 Å². The van der Waals surface area contributed by atoms with E-state index in [0.717, 1.165) is 11.1 Å².